The van der Waals surface area contributed by atoms with Gasteiger partial charge in [-0.1, -0.05) is 41.4 Å². The summed E-state index contributed by atoms with van der Waals surface area (Å²) in [5.41, 5.74) is 9.34. The Labute approximate surface area is 178 Å². The van der Waals surface area contributed by atoms with Gasteiger partial charge < -0.3 is 10.6 Å². The molecule has 0 atom stereocenters. The first kappa shape index (κ1) is 20.1. The van der Waals surface area contributed by atoms with Crippen molar-refractivity contribution in [1.29, 1.82) is 0 Å². The second-order valence-corrected chi connectivity index (χ2v) is 7.77. The Morgan fingerprint density at radius 2 is 1.90 bits per heavy atom. The Bertz CT molecular complexity index is 1140. The molecule has 1 aliphatic rings. The number of nitrogens with two attached hydrogens (primary N) is 1. The summed E-state index contributed by atoms with van der Waals surface area (Å²) in [6, 6.07) is 12.0. The highest BCUT2D eigenvalue weighted by Gasteiger charge is 2.29. The Hall–Kier alpha value is -3.19. The van der Waals surface area contributed by atoms with E-state index in [-0.39, 0.29) is 29.5 Å². The summed E-state index contributed by atoms with van der Waals surface area (Å²) in [5.74, 6) is -1.24. The molecule has 0 radical (unpaired) electrons. The Morgan fingerprint density at radius 1 is 1.17 bits per heavy atom. The highest BCUT2D eigenvalue weighted by molar-refractivity contribution is 6.31. The molecule has 2 amide bonds. The largest absolute Gasteiger partial charge is 0.365 e. The van der Waals surface area contributed by atoms with E-state index in [2.05, 4.69) is 5.10 Å². The van der Waals surface area contributed by atoms with E-state index < -0.39 is 11.7 Å². The van der Waals surface area contributed by atoms with E-state index in [0.29, 0.717) is 30.0 Å². The van der Waals surface area contributed by atoms with Crippen molar-refractivity contribution in [1.82, 2.24) is 14.7 Å². The Morgan fingerprint density at radius 3 is 2.57 bits per heavy atom. The number of nitrogens with zero attached hydrogens (tertiary/aromatic N) is 3. The topological polar surface area (TPSA) is 81.2 Å². The van der Waals surface area contributed by atoms with Gasteiger partial charge >= 0.3 is 0 Å². The monoisotopic (exact) mass is 426 g/mol. The minimum absolute atomic E-state index is 0.0342. The number of carbonyl (C=O) groups excluding carboxylic acids is 2. The van der Waals surface area contributed by atoms with Gasteiger partial charge in [-0.3, -0.25) is 14.3 Å². The molecule has 0 bridgehead atoms. The van der Waals surface area contributed by atoms with Crippen molar-refractivity contribution < 1.29 is 14.0 Å². The number of aromatic nitrogens is 2. The highest BCUT2D eigenvalue weighted by Crippen LogP contribution is 2.30. The summed E-state index contributed by atoms with van der Waals surface area (Å²) in [4.78, 5) is 26.8. The van der Waals surface area contributed by atoms with Crippen LogP contribution in [0.1, 0.15) is 27.2 Å². The standard InChI is InChI=1S/C22H20ClFN4O2/c1-13-2-4-14(5-3-13)10-19(29)27-8-9-28-18(12-27)20(22(25)30)21(26-28)15-6-7-17(24)16(23)11-15/h2-7,11H,8-10,12H2,1H3,(H2,25,30). The average Bonchev–Trinajstić information content (AvgIpc) is 3.10. The SMILES string of the molecule is Cc1ccc(CC(=O)N2CCn3nc(-c4ccc(F)c(Cl)c4)c(C(N)=O)c3C2)cc1. The van der Waals surface area contributed by atoms with Crippen LogP contribution in [-0.4, -0.2) is 33.0 Å². The fourth-order valence-corrected chi connectivity index (χ4v) is 3.81. The third-order valence-electron chi connectivity index (χ3n) is 5.25. The van der Waals surface area contributed by atoms with E-state index in [1.165, 1.54) is 18.2 Å². The molecule has 0 saturated heterocycles. The summed E-state index contributed by atoms with van der Waals surface area (Å²) >= 11 is 5.90. The summed E-state index contributed by atoms with van der Waals surface area (Å²) in [7, 11) is 0. The fourth-order valence-electron chi connectivity index (χ4n) is 3.63. The zero-order chi connectivity index (χ0) is 21.4. The predicted molar refractivity (Wildman–Crippen MR) is 111 cm³/mol. The first-order valence-electron chi connectivity index (χ1n) is 9.51. The van der Waals surface area contributed by atoms with Gasteiger partial charge in [0.1, 0.15) is 11.5 Å². The first-order valence-corrected chi connectivity index (χ1v) is 9.89. The second kappa shape index (κ2) is 7.91. The lowest BCUT2D eigenvalue weighted by Gasteiger charge is -2.28. The maximum absolute atomic E-state index is 13.5. The van der Waals surface area contributed by atoms with Gasteiger partial charge in [0.05, 0.1) is 35.8 Å². The third kappa shape index (κ3) is 3.80. The molecule has 30 heavy (non-hydrogen) atoms. The molecular weight excluding hydrogens is 407 g/mol. The van der Waals surface area contributed by atoms with Crippen LogP contribution >= 0.6 is 11.6 Å². The van der Waals surface area contributed by atoms with Crippen molar-refractivity contribution >= 4 is 23.4 Å². The van der Waals surface area contributed by atoms with Crippen LogP contribution in [0, 0.1) is 12.7 Å². The van der Waals surface area contributed by atoms with Crippen LogP contribution in [0.3, 0.4) is 0 Å². The molecule has 1 aromatic heterocycles. The van der Waals surface area contributed by atoms with Crippen molar-refractivity contribution in [3.8, 4) is 11.3 Å². The summed E-state index contributed by atoms with van der Waals surface area (Å²) in [5, 5.41) is 4.43. The van der Waals surface area contributed by atoms with Gasteiger partial charge in [-0.2, -0.15) is 5.10 Å². The summed E-state index contributed by atoms with van der Waals surface area (Å²) < 4.78 is 15.2. The highest BCUT2D eigenvalue weighted by atomic mass is 35.5. The molecule has 2 heterocycles. The number of primary amides is 1. The number of aryl methyl sites for hydroxylation is 1. The number of rotatable bonds is 4. The molecule has 0 unspecified atom stereocenters. The fraction of sp³-hybridized carbons (Fsp3) is 0.227. The normalized spacial score (nSPS) is 13.2. The quantitative estimate of drug-likeness (QED) is 0.694. The minimum Gasteiger partial charge on any atom is -0.365 e. The van der Waals surface area contributed by atoms with Crippen LogP contribution in [0.4, 0.5) is 4.39 Å². The van der Waals surface area contributed by atoms with Gasteiger partial charge in [0.2, 0.25) is 5.91 Å². The van der Waals surface area contributed by atoms with Gasteiger partial charge in [-0.25, -0.2) is 4.39 Å². The molecule has 3 aromatic rings. The molecule has 2 aromatic carbocycles. The van der Waals surface area contributed by atoms with Gasteiger partial charge in [0, 0.05) is 12.1 Å². The smallest absolute Gasteiger partial charge is 0.252 e. The number of hydrogen-bond acceptors (Lipinski definition) is 3. The van der Waals surface area contributed by atoms with Crippen LogP contribution in [-0.2, 0) is 24.3 Å². The predicted octanol–water partition coefficient (Wildman–Crippen LogP) is 3.33. The van der Waals surface area contributed by atoms with E-state index in [0.717, 1.165) is 11.1 Å². The van der Waals surface area contributed by atoms with Gasteiger partial charge in [-0.05, 0) is 30.7 Å². The lowest BCUT2D eigenvalue weighted by atomic mass is 10.0. The van der Waals surface area contributed by atoms with E-state index in [9.17, 15) is 14.0 Å². The van der Waals surface area contributed by atoms with Crippen LogP contribution in [0.15, 0.2) is 42.5 Å². The third-order valence-corrected chi connectivity index (χ3v) is 5.54. The zero-order valence-corrected chi connectivity index (χ0v) is 17.1. The van der Waals surface area contributed by atoms with E-state index >= 15 is 0 Å². The molecule has 0 aliphatic carbocycles. The molecule has 2 N–H and O–H groups in total. The second-order valence-electron chi connectivity index (χ2n) is 7.36. The molecule has 0 spiro atoms. The van der Waals surface area contributed by atoms with Gasteiger partial charge in [0.25, 0.3) is 5.91 Å². The average molecular weight is 427 g/mol. The summed E-state index contributed by atoms with van der Waals surface area (Å²) in [6.45, 7) is 3.13. The zero-order valence-electron chi connectivity index (χ0n) is 16.4. The van der Waals surface area contributed by atoms with E-state index in [1.54, 1.807) is 9.58 Å². The maximum atomic E-state index is 13.5. The Balaban J connectivity index is 1.63. The molecular formula is C22H20ClFN4O2. The Kier molecular flexibility index (Phi) is 5.30. The number of hydrogen-bond donors (Lipinski definition) is 1. The molecule has 0 fully saturated rings. The first-order chi connectivity index (χ1) is 14.3. The minimum atomic E-state index is -0.653. The number of halogens is 2. The van der Waals surface area contributed by atoms with Crippen molar-refractivity contribution in [2.24, 2.45) is 5.73 Å². The van der Waals surface area contributed by atoms with Crippen LogP contribution in [0.5, 0.6) is 0 Å². The van der Waals surface area contributed by atoms with Gasteiger partial charge in [0.15, 0.2) is 0 Å². The molecule has 154 valence electrons. The number of amides is 2. The number of benzene rings is 2. The molecule has 4 rings (SSSR count). The molecule has 1 aliphatic heterocycles. The number of fused-ring (bicyclic) bond motifs is 1. The number of carbonyl (C=O) groups is 2. The van der Waals surface area contributed by atoms with Crippen LogP contribution < -0.4 is 5.73 Å². The molecule has 8 heteroatoms. The summed E-state index contributed by atoms with van der Waals surface area (Å²) in [6.07, 6.45) is 0.279. The van der Waals surface area contributed by atoms with Crippen molar-refractivity contribution in [2.45, 2.75) is 26.4 Å². The maximum Gasteiger partial charge on any atom is 0.252 e. The van der Waals surface area contributed by atoms with Crippen molar-refractivity contribution in [3.63, 3.8) is 0 Å². The lowest BCUT2D eigenvalue weighted by Crippen LogP contribution is -2.40. The van der Waals surface area contributed by atoms with E-state index in [4.69, 9.17) is 17.3 Å². The van der Waals surface area contributed by atoms with Gasteiger partial charge in [-0.15, -0.1) is 0 Å². The van der Waals surface area contributed by atoms with E-state index in [1.807, 2.05) is 31.2 Å². The van der Waals surface area contributed by atoms with Crippen LogP contribution in [0.25, 0.3) is 11.3 Å². The molecule has 0 saturated carbocycles. The van der Waals surface area contributed by atoms with Crippen molar-refractivity contribution in [2.75, 3.05) is 6.54 Å². The van der Waals surface area contributed by atoms with Crippen molar-refractivity contribution in [3.05, 3.63) is 75.7 Å². The lowest BCUT2D eigenvalue weighted by molar-refractivity contribution is -0.132. The molecule has 6 nitrogen and oxygen atoms in total. The van der Waals surface area contributed by atoms with Crippen LogP contribution in [0.2, 0.25) is 5.02 Å².